The van der Waals surface area contributed by atoms with Gasteiger partial charge >= 0.3 is 6.18 Å². The van der Waals surface area contributed by atoms with Crippen molar-refractivity contribution in [2.45, 2.75) is 31.2 Å². The van der Waals surface area contributed by atoms with Gasteiger partial charge in [0.2, 0.25) is 10.1 Å². The zero-order valence-electron chi connectivity index (χ0n) is 8.41. The lowest BCUT2D eigenvalue weighted by Crippen LogP contribution is -2.40. The Balaban J connectivity index is 1.89. The highest BCUT2D eigenvalue weighted by Gasteiger charge is 2.36. The molecule has 0 atom stereocenters. The Morgan fingerprint density at radius 3 is 2.56 bits per heavy atom. The number of halogens is 3. The SMILES string of the molecule is COC1CC(Nc2nnc(C(F)(F)F)s2)C1. The number of nitrogens with zero attached hydrogens (tertiary/aromatic N) is 2. The Labute approximate surface area is 93.8 Å². The van der Waals surface area contributed by atoms with Crippen LogP contribution < -0.4 is 5.32 Å². The molecule has 8 heteroatoms. The second-order valence-corrected chi connectivity index (χ2v) is 4.56. The maximum atomic E-state index is 12.2. The fraction of sp³-hybridized carbons (Fsp3) is 0.750. The molecule has 1 aromatic rings. The number of anilines is 1. The fourth-order valence-corrected chi connectivity index (χ4v) is 2.13. The van der Waals surface area contributed by atoms with Crippen LogP contribution in [0, 0.1) is 0 Å². The van der Waals surface area contributed by atoms with E-state index in [2.05, 4.69) is 15.5 Å². The second kappa shape index (κ2) is 4.17. The molecule has 2 rings (SSSR count). The fourth-order valence-electron chi connectivity index (χ4n) is 1.45. The quantitative estimate of drug-likeness (QED) is 0.896. The minimum Gasteiger partial charge on any atom is -0.381 e. The Kier molecular flexibility index (Phi) is 3.02. The predicted octanol–water partition coefficient (Wildman–Crippen LogP) is 2.15. The van der Waals surface area contributed by atoms with E-state index in [1.54, 1.807) is 7.11 Å². The molecular weight excluding hydrogens is 243 g/mol. The molecule has 0 unspecified atom stereocenters. The zero-order chi connectivity index (χ0) is 11.8. The molecule has 1 saturated carbocycles. The van der Waals surface area contributed by atoms with Gasteiger partial charge in [0.15, 0.2) is 0 Å². The summed E-state index contributed by atoms with van der Waals surface area (Å²) in [4.78, 5) is 0. The number of rotatable bonds is 3. The third kappa shape index (κ3) is 2.43. The molecule has 0 aliphatic heterocycles. The summed E-state index contributed by atoms with van der Waals surface area (Å²) in [6.07, 6.45) is -2.63. The van der Waals surface area contributed by atoms with Crippen molar-refractivity contribution < 1.29 is 17.9 Å². The van der Waals surface area contributed by atoms with Crippen molar-refractivity contribution >= 4 is 16.5 Å². The Hall–Kier alpha value is -0.890. The van der Waals surface area contributed by atoms with Crippen LogP contribution in [0.5, 0.6) is 0 Å². The van der Waals surface area contributed by atoms with E-state index in [1.165, 1.54) is 0 Å². The van der Waals surface area contributed by atoms with Crippen LogP contribution in [0.15, 0.2) is 0 Å². The highest BCUT2D eigenvalue weighted by Crippen LogP contribution is 2.34. The topological polar surface area (TPSA) is 47.0 Å². The van der Waals surface area contributed by atoms with E-state index < -0.39 is 11.2 Å². The van der Waals surface area contributed by atoms with Crippen LogP contribution >= 0.6 is 11.3 Å². The van der Waals surface area contributed by atoms with Gasteiger partial charge in [0.05, 0.1) is 6.10 Å². The van der Waals surface area contributed by atoms with Crippen molar-refractivity contribution in [3.8, 4) is 0 Å². The lowest BCUT2D eigenvalue weighted by atomic mass is 9.89. The predicted molar refractivity (Wildman–Crippen MR) is 52.4 cm³/mol. The molecule has 0 saturated heterocycles. The first-order chi connectivity index (χ1) is 7.49. The van der Waals surface area contributed by atoms with Gasteiger partial charge in [-0.1, -0.05) is 11.3 Å². The summed E-state index contributed by atoms with van der Waals surface area (Å²) in [5.41, 5.74) is 0. The first-order valence-corrected chi connectivity index (χ1v) is 5.50. The minimum absolute atomic E-state index is 0.138. The van der Waals surface area contributed by atoms with E-state index in [4.69, 9.17) is 4.74 Å². The molecule has 16 heavy (non-hydrogen) atoms. The van der Waals surface area contributed by atoms with Gasteiger partial charge in [-0.15, -0.1) is 10.2 Å². The van der Waals surface area contributed by atoms with E-state index in [0.717, 1.165) is 12.8 Å². The van der Waals surface area contributed by atoms with Crippen molar-refractivity contribution in [1.29, 1.82) is 0 Å². The molecule has 1 aliphatic rings. The van der Waals surface area contributed by atoms with Gasteiger partial charge in [-0.2, -0.15) is 13.2 Å². The van der Waals surface area contributed by atoms with E-state index in [1.807, 2.05) is 0 Å². The van der Waals surface area contributed by atoms with Crippen LogP contribution in [0.3, 0.4) is 0 Å². The molecule has 4 nitrogen and oxygen atoms in total. The summed E-state index contributed by atoms with van der Waals surface area (Å²) in [5, 5.41) is 8.74. The maximum Gasteiger partial charge on any atom is 0.445 e. The minimum atomic E-state index is -4.41. The highest BCUT2D eigenvalue weighted by molar-refractivity contribution is 7.15. The summed E-state index contributed by atoms with van der Waals surface area (Å²) in [6.45, 7) is 0. The van der Waals surface area contributed by atoms with Gasteiger partial charge in [0, 0.05) is 13.2 Å². The molecule has 1 fully saturated rings. The molecule has 0 amide bonds. The van der Waals surface area contributed by atoms with Crippen molar-refractivity contribution in [3.63, 3.8) is 0 Å². The molecule has 0 spiro atoms. The summed E-state index contributed by atoms with van der Waals surface area (Å²) in [6, 6.07) is 0.138. The second-order valence-electron chi connectivity index (χ2n) is 3.58. The van der Waals surface area contributed by atoms with Gasteiger partial charge in [-0.05, 0) is 12.8 Å². The summed E-state index contributed by atoms with van der Waals surface area (Å²) < 4.78 is 41.7. The number of hydrogen-bond donors (Lipinski definition) is 1. The van der Waals surface area contributed by atoms with E-state index in [-0.39, 0.29) is 17.3 Å². The molecular formula is C8H10F3N3OS. The number of aromatic nitrogens is 2. The smallest absolute Gasteiger partial charge is 0.381 e. The number of methoxy groups -OCH3 is 1. The normalized spacial score (nSPS) is 25.2. The average Bonchev–Trinajstić information content (AvgIpc) is 2.57. The summed E-state index contributed by atoms with van der Waals surface area (Å²) >= 11 is 0.527. The Morgan fingerprint density at radius 2 is 2.06 bits per heavy atom. The monoisotopic (exact) mass is 253 g/mol. The third-order valence-electron chi connectivity index (χ3n) is 2.42. The van der Waals surface area contributed by atoms with Crippen LogP contribution in [0.4, 0.5) is 18.3 Å². The largest absolute Gasteiger partial charge is 0.445 e. The van der Waals surface area contributed by atoms with Crippen molar-refractivity contribution in [1.82, 2.24) is 10.2 Å². The molecule has 0 bridgehead atoms. The lowest BCUT2D eigenvalue weighted by Gasteiger charge is -2.34. The zero-order valence-corrected chi connectivity index (χ0v) is 9.23. The lowest BCUT2D eigenvalue weighted by molar-refractivity contribution is -0.138. The van der Waals surface area contributed by atoms with Crippen LogP contribution in [0.2, 0.25) is 0 Å². The van der Waals surface area contributed by atoms with Gasteiger partial charge in [0.1, 0.15) is 0 Å². The van der Waals surface area contributed by atoms with Crippen LogP contribution in [-0.4, -0.2) is 29.5 Å². The van der Waals surface area contributed by atoms with Crippen LogP contribution in [0.1, 0.15) is 17.8 Å². The van der Waals surface area contributed by atoms with Crippen LogP contribution in [0.25, 0.3) is 0 Å². The first kappa shape index (κ1) is 11.6. The van der Waals surface area contributed by atoms with Crippen molar-refractivity contribution in [3.05, 3.63) is 5.01 Å². The average molecular weight is 253 g/mol. The van der Waals surface area contributed by atoms with Gasteiger partial charge in [0.25, 0.3) is 0 Å². The number of alkyl halides is 3. The van der Waals surface area contributed by atoms with Gasteiger partial charge in [-0.3, -0.25) is 0 Å². The third-order valence-corrected chi connectivity index (χ3v) is 3.32. The maximum absolute atomic E-state index is 12.2. The Bertz CT molecular complexity index is 362. The van der Waals surface area contributed by atoms with E-state index in [0.29, 0.717) is 11.3 Å². The first-order valence-electron chi connectivity index (χ1n) is 4.69. The van der Waals surface area contributed by atoms with Crippen molar-refractivity contribution in [2.75, 3.05) is 12.4 Å². The molecule has 0 aromatic carbocycles. The van der Waals surface area contributed by atoms with E-state index in [9.17, 15) is 13.2 Å². The molecule has 90 valence electrons. The molecule has 1 aliphatic carbocycles. The highest BCUT2D eigenvalue weighted by atomic mass is 32.1. The number of ether oxygens (including phenoxy) is 1. The molecule has 1 heterocycles. The molecule has 1 N–H and O–H groups in total. The van der Waals surface area contributed by atoms with Crippen molar-refractivity contribution in [2.24, 2.45) is 0 Å². The standard InChI is InChI=1S/C8H10F3N3OS/c1-15-5-2-4(3-5)12-7-14-13-6(16-7)8(9,10)11/h4-5H,2-3H2,1H3,(H,12,14). The Morgan fingerprint density at radius 1 is 1.38 bits per heavy atom. The number of hydrogen-bond acceptors (Lipinski definition) is 5. The summed E-state index contributed by atoms with van der Waals surface area (Å²) in [7, 11) is 1.62. The van der Waals surface area contributed by atoms with Gasteiger partial charge < -0.3 is 10.1 Å². The van der Waals surface area contributed by atoms with Crippen LogP contribution in [-0.2, 0) is 10.9 Å². The molecule has 0 radical (unpaired) electrons. The van der Waals surface area contributed by atoms with Gasteiger partial charge in [-0.25, -0.2) is 0 Å². The molecule has 1 aromatic heterocycles. The van der Waals surface area contributed by atoms with E-state index >= 15 is 0 Å². The summed E-state index contributed by atoms with van der Waals surface area (Å²) in [5.74, 6) is 0. The number of nitrogens with one attached hydrogen (secondary N) is 1.